The predicted molar refractivity (Wildman–Crippen MR) is 81.4 cm³/mol. The molecule has 1 aliphatic heterocycles. The maximum Gasteiger partial charge on any atom is 0.326 e. The summed E-state index contributed by atoms with van der Waals surface area (Å²) in [7, 11) is 0. The number of carbonyl (C=O) groups is 2. The lowest BCUT2D eigenvalue weighted by molar-refractivity contribution is -0.148. The first-order valence-electron chi connectivity index (χ1n) is 7.03. The molecule has 6 nitrogen and oxygen atoms in total. The summed E-state index contributed by atoms with van der Waals surface area (Å²) in [6.45, 7) is 0.507. The number of carbonyl (C=O) groups excluding carboxylic acids is 1. The molecule has 1 N–H and O–H groups in total. The molecule has 1 aliphatic rings. The van der Waals surface area contributed by atoms with Gasteiger partial charge in [0.2, 0.25) is 5.91 Å². The van der Waals surface area contributed by atoms with E-state index in [4.69, 9.17) is 5.11 Å². The number of rotatable bonds is 4. The van der Waals surface area contributed by atoms with Crippen LogP contribution in [0.1, 0.15) is 18.5 Å². The van der Waals surface area contributed by atoms with Crippen molar-refractivity contribution in [2.75, 3.05) is 6.54 Å². The molecule has 1 atom stereocenters. The van der Waals surface area contributed by atoms with Crippen LogP contribution in [0.5, 0.6) is 0 Å². The van der Waals surface area contributed by atoms with Gasteiger partial charge in [0.25, 0.3) is 0 Å². The summed E-state index contributed by atoms with van der Waals surface area (Å²) in [5.74, 6) is -1.11. The number of likely N-dealkylation sites (tertiary alicyclic amines) is 1. The van der Waals surface area contributed by atoms with Gasteiger partial charge in [-0.15, -0.1) is 11.3 Å². The first kappa shape index (κ1) is 14.6. The highest BCUT2D eigenvalue weighted by Gasteiger charge is 2.33. The van der Waals surface area contributed by atoms with E-state index in [2.05, 4.69) is 9.97 Å². The second-order valence-corrected chi connectivity index (χ2v) is 5.98. The third-order valence-corrected chi connectivity index (χ3v) is 4.54. The van der Waals surface area contributed by atoms with E-state index in [1.165, 1.54) is 16.2 Å². The molecule has 0 aliphatic carbocycles. The molecule has 2 aromatic rings. The Morgan fingerprint density at radius 2 is 2.27 bits per heavy atom. The maximum absolute atomic E-state index is 12.3. The van der Waals surface area contributed by atoms with E-state index in [9.17, 15) is 9.59 Å². The van der Waals surface area contributed by atoms with Gasteiger partial charge < -0.3 is 10.0 Å². The molecule has 1 fully saturated rings. The number of carboxylic acid groups (broad SMARTS) is 1. The number of aromatic nitrogens is 2. The monoisotopic (exact) mass is 317 g/mol. The minimum Gasteiger partial charge on any atom is -0.480 e. The van der Waals surface area contributed by atoms with Crippen LogP contribution in [0.3, 0.4) is 0 Å². The zero-order valence-electron chi connectivity index (χ0n) is 11.8. The van der Waals surface area contributed by atoms with Gasteiger partial charge in [-0.25, -0.2) is 9.78 Å². The van der Waals surface area contributed by atoms with E-state index in [0.29, 0.717) is 18.7 Å². The van der Waals surface area contributed by atoms with Crippen molar-refractivity contribution in [1.82, 2.24) is 14.9 Å². The predicted octanol–water partition coefficient (Wildman–Crippen LogP) is 1.82. The van der Waals surface area contributed by atoms with Crippen LogP contribution in [0.15, 0.2) is 29.8 Å². The lowest BCUT2D eigenvalue weighted by atomic mass is 10.2. The Morgan fingerprint density at radius 3 is 3.00 bits per heavy atom. The van der Waals surface area contributed by atoms with Crippen molar-refractivity contribution in [3.63, 3.8) is 0 Å². The van der Waals surface area contributed by atoms with Crippen molar-refractivity contribution in [1.29, 1.82) is 0 Å². The van der Waals surface area contributed by atoms with Crippen LogP contribution in [0.25, 0.3) is 10.7 Å². The van der Waals surface area contributed by atoms with E-state index < -0.39 is 12.0 Å². The highest BCUT2D eigenvalue weighted by molar-refractivity contribution is 7.13. The first-order chi connectivity index (χ1) is 10.6. The maximum atomic E-state index is 12.3. The Hall–Kier alpha value is -2.28. The molecule has 3 heterocycles. The number of thiazole rings is 1. The molecule has 3 rings (SSSR count). The summed E-state index contributed by atoms with van der Waals surface area (Å²) in [5.41, 5.74) is 1.43. The quantitative estimate of drug-likeness (QED) is 0.930. The molecule has 114 valence electrons. The van der Waals surface area contributed by atoms with Crippen molar-refractivity contribution in [3.8, 4) is 10.7 Å². The third kappa shape index (κ3) is 2.99. The Labute approximate surface area is 131 Å². The van der Waals surface area contributed by atoms with Gasteiger partial charge in [-0.1, -0.05) is 6.07 Å². The van der Waals surface area contributed by atoms with Crippen LogP contribution >= 0.6 is 11.3 Å². The largest absolute Gasteiger partial charge is 0.480 e. The topological polar surface area (TPSA) is 83.4 Å². The minimum absolute atomic E-state index is 0.132. The molecule has 0 spiro atoms. The van der Waals surface area contributed by atoms with Crippen LogP contribution in [0.4, 0.5) is 0 Å². The van der Waals surface area contributed by atoms with Gasteiger partial charge in [-0.05, 0) is 25.0 Å². The van der Waals surface area contributed by atoms with E-state index in [1.54, 1.807) is 6.20 Å². The molecular weight excluding hydrogens is 302 g/mol. The highest BCUT2D eigenvalue weighted by atomic mass is 32.1. The van der Waals surface area contributed by atoms with Gasteiger partial charge in [0.15, 0.2) is 0 Å². The summed E-state index contributed by atoms with van der Waals surface area (Å²) in [4.78, 5) is 33.5. The Kier molecular flexibility index (Phi) is 4.15. The van der Waals surface area contributed by atoms with Gasteiger partial charge in [-0.2, -0.15) is 0 Å². The van der Waals surface area contributed by atoms with Crippen molar-refractivity contribution >= 4 is 23.2 Å². The molecule has 1 saturated heterocycles. The van der Waals surface area contributed by atoms with E-state index >= 15 is 0 Å². The fourth-order valence-electron chi connectivity index (χ4n) is 2.57. The molecule has 0 saturated carbocycles. The van der Waals surface area contributed by atoms with Crippen LogP contribution in [0, 0.1) is 0 Å². The van der Waals surface area contributed by atoms with E-state index in [-0.39, 0.29) is 12.3 Å². The first-order valence-corrected chi connectivity index (χ1v) is 7.91. The molecule has 0 bridgehead atoms. The van der Waals surface area contributed by atoms with Crippen molar-refractivity contribution in [2.24, 2.45) is 0 Å². The number of carboxylic acids is 1. The van der Waals surface area contributed by atoms with Crippen LogP contribution in [-0.2, 0) is 16.0 Å². The molecule has 2 aromatic heterocycles. The molecule has 1 amide bonds. The lowest BCUT2D eigenvalue weighted by Gasteiger charge is -2.20. The van der Waals surface area contributed by atoms with Gasteiger partial charge in [-0.3, -0.25) is 9.78 Å². The number of nitrogens with zero attached hydrogens (tertiary/aromatic N) is 3. The molecule has 0 aromatic carbocycles. The van der Waals surface area contributed by atoms with Crippen LogP contribution in [-0.4, -0.2) is 44.4 Å². The van der Waals surface area contributed by atoms with Crippen molar-refractivity contribution in [3.05, 3.63) is 35.5 Å². The van der Waals surface area contributed by atoms with E-state index in [0.717, 1.165) is 17.1 Å². The number of hydrogen-bond acceptors (Lipinski definition) is 5. The Bertz CT molecular complexity index is 686. The van der Waals surface area contributed by atoms with Gasteiger partial charge in [0.1, 0.15) is 11.0 Å². The van der Waals surface area contributed by atoms with E-state index in [1.807, 2.05) is 23.6 Å². The molecule has 7 heteroatoms. The average Bonchev–Trinajstić information content (AvgIpc) is 3.17. The molecule has 0 unspecified atom stereocenters. The smallest absolute Gasteiger partial charge is 0.326 e. The summed E-state index contributed by atoms with van der Waals surface area (Å²) < 4.78 is 0. The van der Waals surface area contributed by atoms with Gasteiger partial charge in [0, 0.05) is 18.1 Å². The minimum atomic E-state index is -0.932. The standard InChI is InChI=1S/C15H15N3O3S/c19-13(18-7-3-5-12(18)15(20)21)8-10-9-22-14(17-10)11-4-1-2-6-16-11/h1-2,4,6,9,12H,3,5,7-8H2,(H,20,21)/t12-/m0/s1. The number of aliphatic carboxylic acids is 1. The third-order valence-electron chi connectivity index (χ3n) is 3.63. The summed E-state index contributed by atoms with van der Waals surface area (Å²) in [5, 5.41) is 11.7. The second-order valence-electron chi connectivity index (χ2n) is 5.12. The number of pyridine rings is 1. The van der Waals surface area contributed by atoms with Gasteiger partial charge >= 0.3 is 5.97 Å². The Morgan fingerprint density at radius 1 is 1.41 bits per heavy atom. The highest BCUT2D eigenvalue weighted by Crippen LogP contribution is 2.23. The summed E-state index contributed by atoms with van der Waals surface area (Å²) >= 11 is 1.43. The fraction of sp³-hybridized carbons (Fsp3) is 0.333. The summed E-state index contributed by atoms with van der Waals surface area (Å²) in [6.07, 6.45) is 3.09. The van der Waals surface area contributed by atoms with Crippen molar-refractivity contribution < 1.29 is 14.7 Å². The fourth-order valence-corrected chi connectivity index (χ4v) is 3.37. The second kappa shape index (κ2) is 6.23. The molecular formula is C15H15N3O3S. The molecule has 0 radical (unpaired) electrons. The molecule has 22 heavy (non-hydrogen) atoms. The Balaban J connectivity index is 1.70. The number of hydrogen-bond donors (Lipinski definition) is 1. The van der Waals surface area contributed by atoms with Crippen molar-refractivity contribution in [2.45, 2.75) is 25.3 Å². The van der Waals surface area contributed by atoms with Crippen LogP contribution < -0.4 is 0 Å². The SMILES string of the molecule is O=C(O)[C@@H]1CCCN1C(=O)Cc1csc(-c2ccccn2)n1. The zero-order valence-corrected chi connectivity index (χ0v) is 12.6. The van der Waals surface area contributed by atoms with Crippen LogP contribution in [0.2, 0.25) is 0 Å². The lowest BCUT2D eigenvalue weighted by Crippen LogP contribution is -2.41. The summed E-state index contributed by atoms with van der Waals surface area (Å²) in [6, 6.07) is 4.89. The van der Waals surface area contributed by atoms with Gasteiger partial charge in [0.05, 0.1) is 17.8 Å². The number of amides is 1. The normalized spacial score (nSPS) is 17.6. The average molecular weight is 317 g/mol. The zero-order chi connectivity index (χ0) is 15.5.